The van der Waals surface area contributed by atoms with Crippen molar-refractivity contribution in [3.63, 3.8) is 0 Å². The van der Waals surface area contributed by atoms with Crippen molar-refractivity contribution in [2.24, 2.45) is 5.73 Å². The Morgan fingerprint density at radius 2 is 2.43 bits per heavy atom. The van der Waals surface area contributed by atoms with E-state index in [9.17, 15) is 0 Å². The average Bonchev–Trinajstić information content (AvgIpc) is 2.25. The molecule has 14 heavy (non-hydrogen) atoms. The van der Waals surface area contributed by atoms with Gasteiger partial charge in [0.25, 0.3) is 0 Å². The molecule has 1 rings (SSSR count). The molecule has 4 nitrogen and oxygen atoms in total. The number of hydrogen-bond acceptors (Lipinski definition) is 4. The van der Waals surface area contributed by atoms with Gasteiger partial charge < -0.3 is 15.8 Å². The summed E-state index contributed by atoms with van der Waals surface area (Å²) in [6.07, 6.45) is 1.72. The van der Waals surface area contributed by atoms with E-state index in [1.54, 1.807) is 13.3 Å². The van der Waals surface area contributed by atoms with Crippen LogP contribution in [0.4, 0.5) is 0 Å². The molecule has 0 aromatic carbocycles. The third-order valence-corrected chi connectivity index (χ3v) is 2.06. The number of aromatic nitrogens is 1. The maximum atomic E-state index is 5.42. The van der Waals surface area contributed by atoms with Gasteiger partial charge in [0.1, 0.15) is 0 Å². The number of nitrogens with one attached hydrogen (secondary N) is 1. The molecule has 0 aliphatic rings. The molecule has 0 aliphatic heterocycles. The molecule has 1 atom stereocenters. The zero-order valence-electron chi connectivity index (χ0n) is 8.66. The first-order chi connectivity index (χ1) is 6.79. The lowest BCUT2D eigenvalue weighted by molar-refractivity contribution is 0.385. The summed E-state index contributed by atoms with van der Waals surface area (Å²) in [5.41, 5.74) is 6.47. The standard InChI is InChI=1S/C10H17N3O/c1-8(12-7-5-11)9-4-3-6-13-10(9)14-2/h3-4,6,8,12H,5,7,11H2,1-2H3. The summed E-state index contributed by atoms with van der Waals surface area (Å²) < 4.78 is 5.16. The number of pyridine rings is 1. The van der Waals surface area contributed by atoms with E-state index in [2.05, 4.69) is 17.2 Å². The predicted molar refractivity (Wildman–Crippen MR) is 56.3 cm³/mol. The maximum absolute atomic E-state index is 5.42. The van der Waals surface area contributed by atoms with Crippen LogP contribution in [0.25, 0.3) is 0 Å². The summed E-state index contributed by atoms with van der Waals surface area (Å²) in [6.45, 7) is 3.49. The number of nitrogens with zero attached hydrogens (tertiary/aromatic N) is 1. The smallest absolute Gasteiger partial charge is 0.217 e. The van der Waals surface area contributed by atoms with Crippen LogP contribution in [-0.2, 0) is 0 Å². The highest BCUT2D eigenvalue weighted by Crippen LogP contribution is 2.21. The maximum Gasteiger partial charge on any atom is 0.217 e. The summed E-state index contributed by atoms with van der Waals surface area (Å²) in [5.74, 6) is 0.671. The summed E-state index contributed by atoms with van der Waals surface area (Å²) >= 11 is 0. The van der Waals surface area contributed by atoms with Crippen molar-refractivity contribution in [1.29, 1.82) is 0 Å². The van der Waals surface area contributed by atoms with Crippen molar-refractivity contribution in [1.82, 2.24) is 10.3 Å². The number of hydrogen-bond donors (Lipinski definition) is 2. The van der Waals surface area contributed by atoms with Crippen LogP contribution < -0.4 is 15.8 Å². The van der Waals surface area contributed by atoms with Crippen LogP contribution in [0, 0.1) is 0 Å². The summed E-state index contributed by atoms with van der Waals surface area (Å²) in [7, 11) is 1.63. The Balaban J connectivity index is 2.72. The molecule has 0 amide bonds. The van der Waals surface area contributed by atoms with E-state index in [1.807, 2.05) is 12.1 Å². The molecule has 0 aliphatic carbocycles. The van der Waals surface area contributed by atoms with Crippen LogP contribution in [0.3, 0.4) is 0 Å². The van der Waals surface area contributed by atoms with E-state index in [-0.39, 0.29) is 6.04 Å². The number of rotatable bonds is 5. The van der Waals surface area contributed by atoms with Crippen LogP contribution in [0.1, 0.15) is 18.5 Å². The Hall–Kier alpha value is -1.13. The minimum Gasteiger partial charge on any atom is -0.481 e. The van der Waals surface area contributed by atoms with Crippen LogP contribution >= 0.6 is 0 Å². The Kier molecular flexibility index (Phi) is 4.35. The Morgan fingerprint density at radius 3 is 3.07 bits per heavy atom. The van der Waals surface area contributed by atoms with E-state index in [0.29, 0.717) is 12.4 Å². The number of nitrogens with two attached hydrogens (primary N) is 1. The van der Waals surface area contributed by atoms with Gasteiger partial charge in [-0.25, -0.2) is 4.98 Å². The molecule has 4 heteroatoms. The van der Waals surface area contributed by atoms with Crippen LogP contribution in [0.15, 0.2) is 18.3 Å². The van der Waals surface area contributed by atoms with E-state index in [1.165, 1.54) is 0 Å². The molecule has 0 bridgehead atoms. The summed E-state index contributed by atoms with van der Waals surface area (Å²) in [4.78, 5) is 4.13. The second-order valence-corrected chi connectivity index (χ2v) is 3.07. The topological polar surface area (TPSA) is 60.2 Å². The van der Waals surface area contributed by atoms with Crippen molar-refractivity contribution in [2.75, 3.05) is 20.2 Å². The molecule has 1 unspecified atom stereocenters. The third kappa shape index (κ3) is 2.68. The van der Waals surface area contributed by atoms with E-state index in [4.69, 9.17) is 10.5 Å². The minimum absolute atomic E-state index is 0.210. The predicted octanol–water partition coefficient (Wildman–Crippen LogP) is 0.700. The largest absolute Gasteiger partial charge is 0.481 e. The molecule has 0 radical (unpaired) electrons. The van der Waals surface area contributed by atoms with Crippen LogP contribution in [0.5, 0.6) is 5.88 Å². The van der Waals surface area contributed by atoms with E-state index >= 15 is 0 Å². The van der Waals surface area contributed by atoms with Crippen molar-refractivity contribution in [2.45, 2.75) is 13.0 Å². The monoisotopic (exact) mass is 195 g/mol. The number of ether oxygens (including phenoxy) is 1. The molecule has 3 N–H and O–H groups in total. The molecule has 0 fully saturated rings. The lowest BCUT2D eigenvalue weighted by atomic mass is 10.1. The van der Waals surface area contributed by atoms with Crippen LogP contribution in [-0.4, -0.2) is 25.2 Å². The van der Waals surface area contributed by atoms with Crippen molar-refractivity contribution in [3.8, 4) is 5.88 Å². The highest BCUT2D eigenvalue weighted by molar-refractivity contribution is 5.28. The van der Waals surface area contributed by atoms with Gasteiger partial charge in [0.15, 0.2) is 0 Å². The Bertz CT molecular complexity index is 278. The molecule has 0 spiro atoms. The lowest BCUT2D eigenvalue weighted by Gasteiger charge is -2.15. The number of methoxy groups -OCH3 is 1. The van der Waals surface area contributed by atoms with E-state index in [0.717, 1.165) is 12.1 Å². The highest BCUT2D eigenvalue weighted by atomic mass is 16.5. The molecule has 78 valence electrons. The summed E-state index contributed by atoms with van der Waals surface area (Å²) in [5, 5.41) is 3.28. The van der Waals surface area contributed by atoms with Crippen molar-refractivity contribution in [3.05, 3.63) is 23.9 Å². The zero-order chi connectivity index (χ0) is 10.4. The van der Waals surface area contributed by atoms with Gasteiger partial charge in [0, 0.05) is 30.9 Å². The van der Waals surface area contributed by atoms with Gasteiger partial charge in [-0.3, -0.25) is 0 Å². The highest BCUT2D eigenvalue weighted by Gasteiger charge is 2.10. The van der Waals surface area contributed by atoms with Crippen LogP contribution in [0.2, 0.25) is 0 Å². The molecular weight excluding hydrogens is 178 g/mol. The van der Waals surface area contributed by atoms with Gasteiger partial charge in [0.2, 0.25) is 5.88 Å². The van der Waals surface area contributed by atoms with Gasteiger partial charge in [-0.05, 0) is 13.0 Å². The van der Waals surface area contributed by atoms with Crippen molar-refractivity contribution >= 4 is 0 Å². The first-order valence-corrected chi connectivity index (χ1v) is 4.72. The Morgan fingerprint density at radius 1 is 1.64 bits per heavy atom. The lowest BCUT2D eigenvalue weighted by Crippen LogP contribution is -2.25. The van der Waals surface area contributed by atoms with Gasteiger partial charge in [-0.15, -0.1) is 0 Å². The SMILES string of the molecule is COc1ncccc1C(C)NCCN. The van der Waals surface area contributed by atoms with Crippen molar-refractivity contribution < 1.29 is 4.74 Å². The first-order valence-electron chi connectivity index (χ1n) is 4.72. The fraction of sp³-hybridized carbons (Fsp3) is 0.500. The molecule has 1 aromatic heterocycles. The van der Waals surface area contributed by atoms with E-state index < -0.39 is 0 Å². The zero-order valence-corrected chi connectivity index (χ0v) is 8.66. The first kappa shape index (κ1) is 10.9. The fourth-order valence-electron chi connectivity index (χ4n) is 1.31. The second kappa shape index (κ2) is 5.57. The molecule has 0 saturated carbocycles. The van der Waals surface area contributed by atoms with Gasteiger partial charge in [-0.2, -0.15) is 0 Å². The average molecular weight is 195 g/mol. The fourth-order valence-corrected chi connectivity index (χ4v) is 1.31. The molecular formula is C10H17N3O. The normalized spacial score (nSPS) is 12.5. The summed E-state index contributed by atoms with van der Waals surface area (Å²) in [6, 6.07) is 4.11. The molecule has 1 aromatic rings. The van der Waals surface area contributed by atoms with Gasteiger partial charge in [0.05, 0.1) is 7.11 Å². The third-order valence-electron chi connectivity index (χ3n) is 2.06. The Labute approximate surface area is 84.5 Å². The second-order valence-electron chi connectivity index (χ2n) is 3.07. The molecule has 1 heterocycles. The van der Waals surface area contributed by atoms with Gasteiger partial charge >= 0.3 is 0 Å². The quantitative estimate of drug-likeness (QED) is 0.726. The minimum atomic E-state index is 0.210. The van der Waals surface area contributed by atoms with Gasteiger partial charge in [-0.1, -0.05) is 6.07 Å². The molecule has 0 saturated heterocycles.